The monoisotopic (exact) mass is 462 g/mol. The van der Waals surface area contributed by atoms with Gasteiger partial charge in [0.1, 0.15) is 11.6 Å². The van der Waals surface area contributed by atoms with Crippen molar-refractivity contribution in [2.75, 3.05) is 6.54 Å². The minimum absolute atomic E-state index is 0.306. The summed E-state index contributed by atoms with van der Waals surface area (Å²) in [5.41, 5.74) is 4.45. The highest BCUT2D eigenvalue weighted by Gasteiger charge is 2.18. The zero-order chi connectivity index (χ0) is 24.8. The van der Waals surface area contributed by atoms with Gasteiger partial charge in [0, 0.05) is 23.8 Å². The SMILES string of the molecule is CC[C@@H](C)c1cccc(OC(=O)c2ccc(-c3cc(C)ncc3F)c(CN(CC)C(C)C)c2)c1. The van der Waals surface area contributed by atoms with Crippen molar-refractivity contribution in [2.45, 2.75) is 66.5 Å². The first-order valence-corrected chi connectivity index (χ1v) is 12.0. The van der Waals surface area contributed by atoms with E-state index < -0.39 is 5.97 Å². The standard InChI is InChI=1S/C29H35FN2O2/c1-7-20(5)22-10-9-11-25(16-22)34-29(33)23-12-13-26(27-14-21(6)31-17-28(27)30)24(15-23)18-32(8-2)19(3)4/h9-17,19-20H,7-8,18H2,1-6H3/t20-/m1/s1. The first kappa shape index (κ1) is 25.6. The van der Waals surface area contributed by atoms with E-state index in [-0.39, 0.29) is 5.82 Å². The fourth-order valence-electron chi connectivity index (χ4n) is 4.03. The number of hydrogen-bond donors (Lipinski definition) is 0. The van der Waals surface area contributed by atoms with Crippen LogP contribution in [0.2, 0.25) is 0 Å². The van der Waals surface area contributed by atoms with Crippen LogP contribution in [0.5, 0.6) is 5.75 Å². The van der Waals surface area contributed by atoms with Gasteiger partial charge < -0.3 is 4.74 Å². The number of rotatable bonds is 9. The number of pyridine rings is 1. The molecule has 0 aliphatic carbocycles. The van der Waals surface area contributed by atoms with Crippen LogP contribution in [0.3, 0.4) is 0 Å². The number of hydrogen-bond acceptors (Lipinski definition) is 4. The number of aromatic nitrogens is 1. The van der Waals surface area contributed by atoms with Gasteiger partial charge in [0.25, 0.3) is 0 Å². The summed E-state index contributed by atoms with van der Waals surface area (Å²) in [6.45, 7) is 13.9. The van der Waals surface area contributed by atoms with Crippen molar-refractivity contribution in [2.24, 2.45) is 0 Å². The lowest BCUT2D eigenvalue weighted by Crippen LogP contribution is -2.30. The van der Waals surface area contributed by atoms with Gasteiger partial charge >= 0.3 is 5.97 Å². The van der Waals surface area contributed by atoms with Crippen LogP contribution in [0.4, 0.5) is 4.39 Å². The van der Waals surface area contributed by atoms with E-state index in [1.807, 2.05) is 31.2 Å². The molecule has 0 aliphatic rings. The van der Waals surface area contributed by atoms with Gasteiger partial charge in [-0.25, -0.2) is 9.18 Å². The number of benzene rings is 2. The third-order valence-corrected chi connectivity index (χ3v) is 6.38. The molecular formula is C29H35FN2O2. The zero-order valence-electron chi connectivity index (χ0n) is 21.1. The van der Waals surface area contributed by atoms with E-state index in [0.29, 0.717) is 35.4 Å². The summed E-state index contributed by atoms with van der Waals surface area (Å²) >= 11 is 0. The number of aryl methyl sites for hydroxylation is 1. The Bertz CT molecular complexity index is 1140. The number of nitrogens with zero attached hydrogens (tertiary/aromatic N) is 2. The van der Waals surface area contributed by atoms with Crippen LogP contribution in [0.25, 0.3) is 11.1 Å². The van der Waals surface area contributed by atoms with Gasteiger partial charge in [-0.15, -0.1) is 0 Å². The molecule has 0 radical (unpaired) electrons. The van der Waals surface area contributed by atoms with Gasteiger partial charge in [-0.3, -0.25) is 9.88 Å². The molecule has 2 aromatic carbocycles. The molecule has 4 nitrogen and oxygen atoms in total. The first-order valence-electron chi connectivity index (χ1n) is 12.0. The number of carbonyl (C=O) groups is 1. The quantitative estimate of drug-likeness (QED) is 0.250. The van der Waals surface area contributed by atoms with Gasteiger partial charge in [0.2, 0.25) is 0 Å². The van der Waals surface area contributed by atoms with Crippen LogP contribution < -0.4 is 4.74 Å². The summed E-state index contributed by atoms with van der Waals surface area (Å²) in [6.07, 6.45) is 2.26. The Morgan fingerprint density at radius 1 is 1.06 bits per heavy atom. The molecule has 0 saturated carbocycles. The van der Waals surface area contributed by atoms with Crippen LogP contribution in [0.15, 0.2) is 54.7 Å². The minimum atomic E-state index is -0.423. The second kappa shape index (κ2) is 11.4. The molecule has 0 saturated heterocycles. The molecular weight excluding hydrogens is 427 g/mol. The first-order chi connectivity index (χ1) is 16.2. The maximum Gasteiger partial charge on any atom is 0.343 e. The highest BCUT2D eigenvalue weighted by molar-refractivity contribution is 5.92. The number of esters is 1. The lowest BCUT2D eigenvalue weighted by molar-refractivity contribution is 0.0734. The molecule has 1 atom stereocenters. The van der Waals surface area contributed by atoms with Crippen LogP contribution in [-0.4, -0.2) is 28.4 Å². The largest absolute Gasteiger partial charge is 0.423 e. The van der Waals surface area contributed by atoms with Crippen LogP contribution in [0.1, 0.15) is 74.1 Å². The molecule has 3 aromatic rings. The predicted molar refractivity (Wildman–Crippen MR) is 136 cm³/mol. The Kier molecular flexibility index (Phi) is 8.56. The maximum atomic E-state index is 14.7. The Balaban J connectivity index is 1.98. The normalized spacial score (nSPS) is 12.3. The molecule has 0 unspecified atom stereocenters. The van der Waals surface area contributed by atoms with E-state index in [2.05, 4.69) is 50.6 Å². The molecule has 0 N–H and O–H groups in total. The van der Waals surface area contributed by atoms with Crippen molar-refractivity contribution >= 4 is 5.97 Å². The van der Waals surface area contributed by atoms with Crippen molar-refractivity contribution in [1.82, 2.24) is 9.88 Å². The van der Waals surface area contributed by atoms with E-state index in [1.54, 1.807) is 18.2 Å². The van der Waals surface area contributed by atoms with Crippen LogP contribution >= 0.6 is 0 Å². The lowest BCUT2D eigenvalue weighted by atomic mass is 9.96. The molecule has 0 aliphatic heterocycles. The molecule has 1 heterocycles. The number of ether oxygens (including phenoxy) is 1. The van der Waals surface area contributed by atoms with Gasteiger partial charge in [-0.05, 0) is 86.7 Å². The smallest absolute Gasteiger partial charge is 0.343 e. The molecule has 0 amide bonds. The van der Waals surface area contributed by atoms with Crippen LogP contribution in [0, 0.1) is 12.7 Å². The molecule has 180 valence electrons. The average molecular weight is 463 g/mol. The second-order valence-electron chi connectivity index (χ2n) is 9.11. The molecule has 5 heteroatoms. The minimum Gasteiger partial charge on any atom is -0.423 e. The van der Waals surface area contributed by atoms with E-state index in [9.17, 15) is 9.18 Å². The van der Waals surface area contributed by atoms with Crippen molar-refractivity contribution < 1.29 is 13.9 Å². The van der Waals surface area contributed by atoms with E-state index in [1.165, 1.54) is 6.20 Å². The summed E-state index contributed by atoms with van der Waals surface area (Å²) in [6, 6.07) is 15.1. The molecule has 3 rings (SSSR count). The van der Waals surface area contributed by atoms with Gasteiger partial charge in [-0.1, -0.05) is 39.0 Å². The predicted octanol–water partition coefficient (Wildman–Crippen LogP) is 7.16. The summed E-state index contributed by atoms with van der Waals surface area (Å²) < 4.78 is 20.4. The third kappa shape index (κ3) is 6.09. The summed E-state index contributed by atoms with van der Waals surface area (Å²) in [4.78, 5) is 19.4. The number of carbonyl (C=O) groups excluding carboxylic acids is 1. The van der Waals surface area contributed by atoms with Gasteiger partial charge in [0.05, 0.1) is 11.8 Å². The summed E-state index contributed by atoms with van der Waals surface area (Å²) in [5, 5.41) is 0. The second-order valence-corrected chi connectivity index (χ2v) is 9.11. The fourth-order valence-corrected chi connectivity index (χ4v) is 4.03. The van der Waals surface area contributed by atoms with Crippen molar-refractivity contribution in [3.63, 3.8) is 0 Å². The Labute approximate surface area is 202 Å². The van der Waals surface area contributed by atoms with Crippen molar-refractivity contribution in [3.8, 4) is 16.9 Å². The fraction of sp³-hybridized carbons (Fsp3) is 0.379. The Hall–Kier alpha value is -3.05. The topological polar surface area (TPSA) is 42.4 Å². The zero-order valence-corrected chi connectivity index (χ0v) is 21.1. The van der Waals surface area contributed by atoms with E-state index >= 15 is 0 Å². The number of halogens is 1. The Morgan fingerprint density at radius 3 is 2.50 bits per heavy atom. The van der Waals surface area contributed by atoms with Gasteiger partial charge in [0.15, 0.2) is 0 Å². The summed E-state index contributed by atoms with van der Waals surface area (Å²) in [7, 11) is 0. The lowest BCUT2D eigenvalue weighted by Gasteiger charge is -2.26. The van der Waals surface area contributed by atoms with Crippen molar-refractivity contribution in [1.29, 1.82) is 0 Å². The molecule has 34 heavy (non-hydrogen) atoms. The van der Waals surface area contributed by atoms with E-state index in [0.717, 1.165) is 35.3 Å². The average Bonchev–Trinajstić information content (AvgIpc) is 2.83. The van der Waals surface area contributed by atoms with Crippen LogP contribution in [-0.2, 0) is 6.54 Å². The molecule has 0 fully saturated rings. The Morgan fingerprint density at radius 2 is 1.82 bits per heavy atom. The van der Waals surface area contributed by atoms with Gasteiger partial charge in [-0.2, -0.15) is 0 Å². The summed E-state index contributed by atoms with van der Waals surface area (Å²) in [5.74, 6) is 0.116. The highest BCUT2D eigenvalue weighted by Crippen LogP contribution is 2.30. The maximum absolute atomic E-state index is 14.7. The van der Waals surface area contributed by atoms with E-state index in [4.69, 9.17) is 4.74 Å². The third-order valence-electron chi connectivity index (χ3n) is 6.38. The molecule has 0 spiro atoms. The highest BCUT2D eigenvalue weighted by atomic mass is 19.1. The van der Waals surface area contributed by atoms with Crippen molar-refractivity contribution in [3.05, 3.63) is 82.9 Å². The molecule has 1 aromatic heterocycles. The molecule has 0 bridgehead atoms.